The number of carbonyl (C=O) groups excluding carboxylic acids is 1. The molecule has 0 unspecified atom stereocenters. The molecule has 0 bridgehead atoms. The van der Waals surface area contributed by atoms with Crippen LogP contribution in [0.3, 0.4) is 0 Å². The Kier molecular flexibility index (Phi) is 6.72. The lowest BCUT2D eigenvalue weighted by Gasteiger charge is -2.29. The summed E-state index contributed by atoms with van der Waals surface area (Å²) in [5, 5.41) is 3.33. The Balaban J connectivity index is 1.74. The quantitative estimate of drug-likeness (QED) is 0.741. The molecule has 2 aliphatic rings. The molecule has 1 amide bonds. The van der Waals surface area contributed by atoms with E-state index >= 15 is 0 Å². The molecule has 2 fully saturated rings. The summed E-state index contributed by atoms with van der Waals surface area (Å²) in [5.74, 6) is 0.00462. The maximum atomic E-state index is 13.3. The van der Waals surface area contributed by atoms with Gasteiger partial charge in [-0.25, -0.2) is 8.42 Å². The van der Waals surface area contributed by atoms with E-state index in [1.807, 2.05) is 11.5 Å². The minimum Gasteiger partial charge on any atom is -0.349 e. The fraction of sp³-hybridized carbons (Fsp3) is 0.583. The number of aryl methyl sites for hydroxylation is 1. The third-order valence-corrected chi connectivity index (χ3v) is 8.91. The van der Waals surface area contributed by atoms with Gasteiger partial charge in [0.1, 0.15) is 5.56 Å². The predicted molar refractivity (Wildman–Crippen MR) is 125 cm³/mol. The van der Waals surface area contributed by atoms with Crippen molar-refractivity contribution >= 4 is 26.8 Å². The van der Waals surface area contributed by atoms with Crippen LogP contribution in [0.4, 0.5) is 0 Å². The molecular formula is C24H33N3O4S. The first-order valence-electron chi connectivity index (χ1n) is 11.8. The third-order valence-electron chi connectivity index (χ3n) is 7.02. The highest BCUT2D eigenvalue weighted by Gasteiger charge is 2.28. The topological polar surface area (TPSA) is 88.5 Å². The van der Waals surface area contributed by atoms with Gasteiger partial charge < -0.3 is 9.88 Å². The zero-order valence-electron chi connectivity index (χ0n) is 19.0. The Morgan fingerprint density at radius 3 is 2.50 bits per heavy atom. The van der Waals surface area contributed by atoms with Crippen LogP contribution in [0.25, 0.3) is 10.9 Å². The number of aromatic nitrogens is 1. The van der Waals surface area contributed by atoms with Crippen LogP contribution in [0.2, 0.25) is 0 Å². The summed E-state index contributed by atoms with van der Waals surface area (Å²) in [7, 11) is -3.67. The van der Waals surface area contributed by atoms with E-state index in [9.17, 15) is 18.0 Å². The van der Waals surface area contributed by atoms with Crippen LogP contribution in [-0.4, -0.2) is 42.3 Å². The van der Waals surface area contributed by atoms with E-state index in [0.717, 1.165) is 38.5 Å². The number of hydrogen-bond acceptors (Lipinski definition) is 4. The first kappa shape index (κ1) is 23.0. The van der Waals surface area contributed by atoms with Gasteiger partial charge >= 0.3 is 0 Å². The predicted octanol–water partition coefficient (Wildman–Crippen LogP) is 3.50. The van der Waals surface area contributed by atoms with Gasteiger partial charge in [0.05, 0.1) is 10.4 Å². The number of nitrogens with one attached hydrogen (secondary N) is 1. The molecule has 8 heteroatoms. The normalized spacial score (nSPS) is 22.7. The van der Waals surface area contributed by atoms with Crippen molar-refractivity contribution in [2.75, 3.05) is 13.1 Å². The smallest absolute Gasteiger partial charge is 0.256 e. The highest BCUT2D eigenvalue weighted by Crippen LogP contribution is 2.25. The molecule has 1 N–H and O–H groups in total. The SMILES string of the molecule is CCn1cc(C(=O)N[C@@H]2CCCC[C@H]2C)c(=O)c2cc(S(=O)(=O)N3CCCCC3)ccc21. The summed E-state index contributed by atoms with van der Waals surface area (Å²) in [6.45, 7) is 5.64. The maximum absolute atomic E-state index is 13.3. The Hall–Kier alpha value is -2.19. The van der Waals surface area contributed by atoms with Crippen molar-refractivity contribution in [1.82, 2.24) is 14.2 Å². The van der Waals surface area contributed by atoms with Gasteiger partial charge in [0.15, 0.2) is 0 Å². The molecule has 1 aromatic carbocycles. The maximum Gasteiger partial charge on any atom is 0.256 e. The molecule has 1 saturated heterocycles. The van der Waals surface area contributed by atoms with Crippen molar-refractivity contribution in [1.29, 1.82) is 0 Å². The van der Waals surface area contributed by atoms with Crippen molar-refractivity contribution < 1.29 is 13.2 Å². The van der Waals surface area contributed by atoms with E-state index in [4.69, 9.17) is 0 Å². The summed E-state index contributed by atoms with van der Waals surface area (Å²) in [6.07, 6.45) is 8.55. The number of pyridine rings is 1. The second-order valence-corrected chi connectivity index (χ2v) is 11.1. The lowest BCUT2D eigenvalue weighted by Crippen LogP contribution is -2.42. The molecule has 7 nitrogen and oxygen atoms in total. The summed E-state index contributed by atoms with van der Waals surface area (Å²) >= 11 is 0. The first-order chi connectivity index (χ1) is 15.3. The molecule has 174 valence electrons. The van der Waals surface area contributed by atoms with Crippen molar-refractivity contribution in [2.24, 2.45) is 5.92 Å². The van der Waals surface area contributed by atoms with Gasteiger partial charge in [-0.1, -0.05) is 26.2 Å². The van der Waals surface area contributed by atoms with Crippen molar-refractivity contribution in [2.45, 2.75) is 76.3 Å². The molecule has 1 aromatic heterocycles. The number of hydrogen-bond donors (Lipinski definition) is 1. The average Bonchev–Trinajstić information content (AvgIpc) is 2.81. The summed E-state index contributed by atoms with van der Waals surface area (Å²) < 4.78 is 29.6. The molecule has 32 heavy (non-hydrogen) atoms. The number of amides is 1. The molecule has 1 saturated carbocycles. The zero-order chi connectivity index (χ0) is 22.9. The molecule has 0 spiro atoms. The van der Waals surface area contributed by atoms with E-state index in [2.05, 4.69) is 12.2 Å². The Morgan fingerprint density at radius 1 is 1.09 bits per heavy atom. The summed E-state index contributed by atoms with van der Waals surface area (Å²) in [6, 6.07) is 4.77. The summed E-state index contributed by atoms with van der Waals surface area (Å²) in [5.41, 5.74) is 0.295. The van der Waals surface area contributed by atoms with Gasteiger partial charge in [0.2, 0.25) is 15.5 Å². The van der Waals surface area contributed by atoms with Crippen molar-refractivity contribution in [3.8, 4) is 0 Å². The summed E-state index contributed by atoms with van der Waals surface area (Å²) in [4.78, 5) is 26.5. The van der Waals surface area contributed by atoms with Gasteiger partial charge in [-0.05, 0) is 56.7 Å². The largest absolute Gasteiger partial charge is 0.349 e. The second kappa shape index (κ2) is 9.35. The monoisotopic (exact) mass is 459 g/mol. The minimum atomic E-state index is -3.67. The fourth-order valence-electron chi connectivity index (χ4n) is 4.99. The molecule has 0 radical (unpaired) electrons. The van der Waals surface area contributed by atoms with E-state index < -0.39 is 15.5 Å². The van der Waals surface area contributed by atoms with Gasteiger partial charge in [-0.15, -0.1) is 0 Å². The zero-order valence-corrected chi connectivity index (χ0v) is 19.8. The molecular weight excluding hydrogens is 426 g/mol. The van der Waals surface area contributed by atoms with Gasteiger partial charge in [0.25, 0.3) is 5.91 Å². The number of benzene rings is 1. The lowest BCUT2D eigenvalue weighted by molar-refractivity contribution is 0.0908. The minimum absolute atomic E-state index is 0.0623. The van der Waals surface area contributed by atoms with E-state index in [0.29, 0.717) is 31.1 Å². The molecule has 2 atom stereocenters. The number of carbonyl (C=O) groups is 1. The fourth-order valence-corrected chi connectivity index (χ4v) is 6.54. The molecule has 1 aliphatic heterocycles. The number of nitrogens with zero attached hydrogens (tertiary/aromatic N) is 2. The molecule has 4 rings (SSSR count). The van der Waals surface area contributed by atoms with Crippen LogP contribution in [0, 0.1) is 5.92 Å². The number of rotatable bonds is 5. The van der Waals surface area contributed by atoms with Gasteiger partial charge in [0, 0.05) is 37.3 Å². The van der Waals surface area contributed by atoms with Crippen LogP contribution in [0.15, 0.2) is 34.1 Å². The molecule has 2 aromatic rings. The van der Waals surface area contributed by atoms with Gasteiger partial charge in [-0.2, -0.15) is 4.31 Å². The first-order valence-corrected chi connectivity index (χ1v) is 13.2. The highest BCUT2D eigenvalue weighted by molar-refractivity contribution is 7.89. The highest BCUT2D eigenvalue weighted by atomic mass is 32.2. The average molecular weight is 460 g/mol. The third kappa shape index (κ3) is 4.35. The molecule has 1 aliphatic carbocycles. The van der Waals surface area contributed by atoms with Crippen molar-refractivity contribution in [3.63, 3.8) is 0 Å². The standard InChI is InChI=1S/C24H33N3O4S/c1-3-26-16-20(24(29)25-21-10-6-5-9-17(21)2)23(28)19-15-18(11-12-22(19)26)32(30,31)27-13-7-4-8-14-27/h11-12,15-17,21H,3-10,13-14H2,1-2H3,(H,25,29)/t17-,21-/m1/s1. The van der Waals surface area contributed by atoms with E-state index in [1.165, 1.54) is 16.8 Å². The van der Waals surface area contributed by atoms with E-state index in [1.54, 1.807) is 18.3 Å². The lowest BCUT2D eigenvalue weighted by atomic mass is 9.86. The Morgan fingerprint density at radius 2 is 1.81 bits per heavy atom. The van der Waals surface area contributed by atoms with Crippen LogP contribution in [0.5, 0.6) is 0 Å². The Bertz CT molecular complexity index is 1170. The number of fused-ring (bicyclic) bond motifs is 1. The Labute approximate surface area is 189 Å². The number of sulfonamides is 1. The van der Waals surface area contributed by atoms with Crippen LogP contribution < -0.4 is 10.7 Å². The van der Waals surface area contributed by atoms with Gasteiger partial charge in [-0.3, -0.25) is 9.59 Å². The number of piperidine rings is 1. The molecule has 2 heterocycles. The van der Waals surface area contributed by atoms with Crippen molar-refractivity contribution in [3.05, 3.63) is 40.2 Å². The second-order valence-electron chi connectivity index (χ2n) is 9.14. The van der Waals surface area contributed by atoms with Crippen LogP contribution in [-0.2, 0) is 16.6 Å². The van der Waals surface area contributed by atoms with Crippen LogP contribution >= 0.6 is 0 Å². The van der Waals surface area contributed by atoms with E-state index in [-0.39, 0.29) is 27.8 Å². The van der Waals surface area contributed by atoms with Crippen LogP contribution in [0.1, 0.15) is 69.2 Å².